The number of aliphatic hydroxyl groups is 1. The minimum Gasteiger partial charge on any atom is -0.504 e. The number of piperidine rings is 1. The zero-order valence-electron chi connectivity index (χ0n) is 20.2. The minimum atomic E-state index is -0.985. The van der Waals surface area contributed by atoms with Crippen molar-refractivity contribution in [2.75, 3.05) is 20.1 Å². The van der Waals surface area contributed by atoms with Crippen molar-refractivity contribution >= 4 is 5.91 Å². The SMILES string of the molecule is C=CCN1CC[C@]23c4c5ccc(O)c4O[C@H]2[C@H](N(C)C(=O)CCc2cccnc2)CC[C@@]3(O)[C@H]1C5. The van der Waals surface area contributed by atoms with Crippen LogP contribution in [0.5, 0.6) is 11.5 Å². The Morgan fingerprint density at radius 3 is 3.00 bits per heavy atom. The Labute approximate surface area is 206 Å². The van der Waals surface area contributed by atoms with Crippen LogP contribution in [-0.4, -0.2) is 74.8 Å². The van der Waals surface area contributed by atoms with Crippen molar-refractivity contribution in [2.45, 2.75) is 67.7 Å². The average Bonchev–Trinajstić information content (AvgIpc) is 3.22. The van der Waals surface area contributed by atoms with Gasteiger partial charge in [0.15, 0.2) is 11.5 Å². The maximum absolute atomic E-state index is 13.3. The monoisotopic (exact) mass is 475 g/mol. The van der Waals surface area contributed by atoms with Crippen LogP contribution in [0.4, 0.5) is 0 Å². The summed E-state index contributed by atoms with van der Waals surface area (Å²) in [6, 6.07) is 7.34. The van der Waals surface area contributed by atoms with Gasteiger partial charge in [-0.1, -0.05) is 18.2 Å². The fraction of sp³-hybridized carbons (Fsp3) is 0.500. The number of nitrogens with zero attached hydrogens (tertiary/aromatic N) is 3. The molecule has 2 aliphatic carbocycles. The number of rotatable bonds is 6. The molecule has 2 N–H and O–H groups in total. The summed E-state index contributed by atoms with van der Waals surface area (Å²) < 4.78 is 6.56. The molecule has 1 spiro atoms. The molecule has 5 atom stereocenters. The Morgan fingerprint density at radius 1 is 1.37 bits per heavy atom. The molecule has 7 nitrogen and oxygen atoms in total. The number of aromatic nitrogens is 1. The van der Waals surface area contributed by atoms with Gasteiger partial charge in [0.1, 0.15) is 6.10 Å². The third kappa shape index (κ3) is 3.04. The van der Waals surface area contributed by atoms with Gasteiger partial charge in [0.25, 0.3) is 0 Å². The number of likely N-dealkylation sites (tertiary alicyclic amines) is 1. The molecule has 0 radical (unpaired) electrons. The minimum absolute atomic E-state index is 0.0455. The highest BCUT2D eigenvalue weighted by Crippen LogP contribution is 2.65. The Morgan fingerprint density at radius 2 is 2.23 bits per heavy atom. The second kappa shape index (κ2) is 8.07. The lowest BCUT2D eigenvalue weighted by Gasteiger charge is -2.64. The molecule has 0 unspecified atom stereocenters. The number of carbonyl (C=O) groups excluding carboxylic acids is 1. The molecular formula is C28H33N3O4. The third-order valence-electron chi connectivity index (χ3n) is 9.15. The molecule has 2 fully saturated rings. The lowest BCUT2D eigenvalue weighted by molar-refractivity contribution is -0.198. The number of pyridine rings is 1. The van der Waals surface area contributed by atoms with Gasteiger partial charge in [-0.05, 0) is 61.9 Å². The second-order valence-corrected chi connectivity index (χ2v) is 10.6. The van der Waals surface area contributed by atoms with Crippen molar-refractivity contribution in [2.24, 2.45) is 0 Å². The number of aromatic hydroxyl groups is 1. The first-order chi connectivity index (χ1) is 16.9. The summed E-state index contributed by atoms with van der Waals surface area (Å²) in [5.41, 5.74) is 1.52. The van der Waals surface area contributed by atoms with E-state index in [9.17, 15) is 15.0 Å². The highest BCUT2D eigenvalue weighted by atomic mass is 16.5. The van der Waals surface area contributed by atoms with E-state index in [-0.39, 0.29) is 23.7 Å². The number of benzene rings is 1. The van der Waals surface area contributed by atoms with E-state index in [2.05, 4.69) is 16.5 Å². The van der Waals surface area contributed by atoms with Gasteiger partial charge >= 0.3 is 0 Å². The first kappa shape index (κ1) is 22.6. The van der Waals surface area contributed by atoms with Crippen LogP contribution in [0.3, 0.4) is 0 Å². The van der Waals surface area contributed by atoms with E-state index in [1.165, 1.54) is 0 Å². The van der Waals surface area contributed by atoms with E-state index in [0.717, 1.165) is 42.6 Å². The van der Waals surface area contributed by atoms with Gasteiger partial charge in [-0.2, -0.15) is 0 Å². The predicted octanol–water partition coefficient (Wildman–Crippen LogP) is 2.59. The third-order valence-corrected chi connectivity index (χ3v) is 9.15. The van der Waals surface area contributed by atoms with Crippen molar-refractivity contribution in [3.05, 3.63) is 66.0 Å². The molecule has 6 rings (SSSR count). The number of likely N-dealkylation sites (N-methyl/N-ethyl adjacent to an activating group) is 1. The number of hydrogen-bond donors (Lipinski definition) is 2. The zero-order chi connectivity index (χ0) is 24.4. The van der Waals surface area contributed by atoms with E-state index in [1.807, 2.05) is 36.2 Å². The van der Waals surface area contributed by atoms with Gasteiger partial charge in [0.2, 0.25) is 5.91 Å². The summed E-state index contributed by atoms with van der Waals surface area (Å²) in [5.74, 6) is 0.678. The Balaban J connectivity index is 1.36. The van der Waals surface area contributed by atoms with Gasteiger partial charge in [-0.3, -0.25) is 14.7 Å². The zero-order valence-corrected chi connectivity index (χ0v) is 20.2. The van der Waals surface area contributed by atoms with Crippen LogP contribution in [0, 0.1) is 0 Å². The molecular weight excluding hydrogens is 442 g/mol. The van der Waals surface area contributed by atoms with Crippen molar-refractivity contribution in [3.63, 3.8) is 0 Å². The van der Waals surface area contributed by atoms with Crippen molar-refractivity contribution < 1.29 is 19.7 Å². The smallest absolute Gasteiger partial charge is 0.223 e. The highest BCUT2D eigenvalue weighted by molar-refractivity contribution is 5.77. The van der Waals surface area contributed by atoms with E-state index in [4.69, 9.17) is 4.74 Å². The number of phenols is 1. The lowest BCUT2D eigenvalue weighted by Crippen LogP contribution is -2.78. The van der Waals surface area contributed by atoms with E-state index in [0.29, 0.717) is 31.4 Å². The fourth-order valence-electron chi connectivity index (χ4n) is 7.54. The summed E-state index contributed by atoms with van der Waals surface area (Å²) in [4.78, 5) is 21.6. The molecule has 2 aliphatic heterocycles. The van der Waals surface area contributed by atoms with Gasteiger partial charge in [0.05, 0.1) is 17.1 Å². The largest absolute Gasteiger partial charge is 0.504 e. The van der Waals surface area contributed by atoms with E-state index >= 15 is 0 Å². The number of phenolic OH excluding ortho intramolecular Hbond substituents is 1. The predicted molar refractivity (Wildman–Crippen MR) is 131 cm³/mol. The summed E-state index contributed by atoms with van der Waals surface area (Å²) in [5, 5.41) is 23.2. The van der Waals surface area contributed by atoms with Crippen molar-refractivity contribution in [1.29, 1.82) is 0 Å². The van der Waals surface area contributed by atoms with Crippen molar-refractivity contribution in [3.8, 4) is 11.5 Å². The molecule has 2 aromatic rings. The van der Waals surface area contributed by atoms with E-state index in [1.54, 1.807) is 18.5 Å². The van der Waals surface area contributed by atoms with Crippen LogP contribution in [-0.2, 0) is 23.1 Å². The van der Waals surface area contributed by atoms with Crippen LogP contribution < -0.4 is 4.74 Å². The topological polar surface area (TPSA) is 86.1 Å². The Kier molecular flexibility index (Phi) is 5.20. The molecule has 1 aromatic carbocycles. The standard InChI is InChI=1S/C28H33N3O4/c1-3-14-31-15-12-27-24-19-7-8-21(32)25(24)35-26(27)20(10-11-28(27,34)22(31)16-19)30(2)23(33)9-6-18-5-4-13-29-17-18/h3-5,7-8,13,17,20,22,26,32,34H,1,6,9-12,14-16H2,2H3/t20-,22-,26+,27+,28-/m1/s1. The first-order valence-electron chi connectivity index (χ1n) is 12.6. The maximum atomic E-state index is 13.3. The van der Waals surface area contributed by atoms with Gasteiger partial charge in [-0.15, -0.1) is 6.58 Å². The van der Waals surface area contributed by atoms with Crippen LogP contribution >= 0.6 is 0 Å². The van der Waals surface area contributed by atoms with Crippen molar-refractivity contribution in [1.82, 2.24) is 14.8 Å². The normalized spacial score (nSPS) is 32.5. The molecule has 1 saturated heterocycles. The number of aryl methyl sites for hydroxylation is 1. The molecule has 7 heteroatoms. The van der Waals surface area contributed by atoms with Crippen LogP contribution in [0.1, 0.15) is 42.4 Å². The van der Waals surface area contributed by atoms with Gasteiger partial charge in [-0.25, -0.2) is 0 Å². The van der Waals surface area contributed by atoms with Crippen LogP contribution in [0.15, 0.2) is 49.3 Å². The highest BCUT2D eigenvalue weighted by Gasteiger charge is 2.73. The Hall–Kier alpha value is -2.90. The quantitative estimate of drug-likeness (QED) is 0.625. The molecule has 1 saturated carbocycles. The summed E-state index contributed by atoms with van der Waals surface area (Å²) in [6.45, 7) is 5.48. The summed E-state index contributed by atoms with van der Waals surface area (Å²) in [6.07, 6.45) is 8.74. The maximum Gasteiger partial charge on any atom is 0.223 e. The summed E-state index contributed by atoms with van der Waals surface area (Å²) in [7, 11) is 1.86. The van der Waals surface area contributed by atoms with Crippen LogP contribution in [0.25, 0.3) is 0 Å². The molecule has 35 heavy (non-hydrogen) atoms. The number of amides is 1. The van der Waals surface area contributed by atoms with Gasteiger partial charge < -0.3 is 19.8 Å². The lowest BCUT2D eigenvalue weighted by atomic mass is 9.48. The molecule has 2 bridgehead atoms. The van der Waals surface area contributed by atoms with Gasteiger partial charge in [0, 0.05) is 44.0 Å². The average molecular weight is 476 g/mol. The number of ether oxygens (including phenoxy) is 1. The summed E-state index contributed by atoms with van der Waals surface area (Å²) >= 11 is 0. The van der Waals surface area contributed by atoms with E-state index < -0.39 is 17.1 Å². The molecule has 1 aromatic heterocycles. The fourth-order valence-corrected chi connectivity index (χ4v) is 7.54. The molecule has 1 amide bonds. The molecule has 184 valence electrons. The van der Waals surface area contributed by atoms with Crippen LogP contribution in [0.2, 0.25) is 0 Å². The first-order valence-corrected chi connectivity index (χ1v) is 12.6. The Bertz CT molecular complexity index is 1170. The molecule has 3 heterocycles. The number of hydrogen-bond acceptors (Lipinski definition) is 6. The molecule has 4 aliphatic rings. The number of carbonyl (C=O) groups is 1. The second-order valence-electron chi connectivity index (χ2n) is 10.6.